The van der Waals surface area contributed by atoms with Gasteiger partial charge in [-0.05, 0) is 30.2 Å². The van der Waals surface area contributed by atoms with Crippen molar-refractivity contribution in [3.05, 3.63) is 76.1 Å². The standard InChI is InChI=1S/C19H19N3O2/c1-14-6-2-3-7-15(14)12-20-19(24)10-11-22-17-9-5-4-8-16(17)18(23)13-21-22/h2-9,13H,10-12H2,1H3,(H,20,24). The van der Waals surface area contributed by atoms with Gasteiger partial charge in [0.05, 0.1) is 18.3 Å². The average molecular weight is 321 g/mol. The zero-order chi connectivity index (χ0) is 16.9. The number of hydrogen-bond donors (Lipinski definition) is 1. The Morgan fingerprint density at radius 3 is 2.71 bits per heavy atom. The van der Waals surface area contributed by atoms with Gasteiger partial charge in [-0.15, -0.1) is 0 Å². The summed E-state index contributed by atoms with van der Waals surface area (Å²) < 4.78 is 1.70. The van der Waals surface area contributed by atoms with Crippen LogP contribution >= 0.6 is 0 Å². The van der Waals surface area contributed by atoms with Crippen molar-refractivity contribution in [2.75, 3.05) is 0 Å². The third kappa shape index (κ3) is 3.51. The lowest BCUT2D eigenvalue weighted by Gasteiger charge is -2.10. The van der Waals surface area contributed by atoms with E-state index in [1.54, 1.807) is 10.7 Å². The van der Waals surface area contributed by atoms with E-state index in [0.29, 0.717) is 24.9 Å². The Bertz CT molecular complexity index is 931. The van der Waals surface area contributed by atoms with Crippen molar-refractivity contribution < 1.29 is 4.79 Å². The number of nitrogens with zero attached hydrogens (tertiary/aromatic N) is 2. The van der Waals surface area contributed by atoms with Gasteiger partial charge < -0.3 is 5.32 Å². The largest absolute Gasteiger partial charge is 0.352 e. The molecule has 1 aromatic heterocycles. The summed E-state index contributed by atoms with van der Waals surface area (Å²) in [4.78, 5) is 23.9. The van der Waals surface area contributed by atoms with E-state index in [-0.39, 0.29) is 11.3 Å². The van der Waals surface area contributed by atoms with Crippen molar-refractivity contribution >= 4 is 16.8 Å². The maximum Gasteiger partial charge on any atom is 0.222 e. The zero-order valence-corrected chi connectivity index (χ0v) is 13.5. The Morgan fingerprint density at radius 1 is 1.12 bits per heavy atom. The lowest BCUT2D eigenvalue weighted by Crippen LogP contribution is -2.25. The Morgan fingerprint density at radius 2 is 1.88 bits per heavy atom. The first-order valence-electron chi connectivity index (χ1n) is 7.91. The summed E-state index contributed by atoms with van der Waals surface area (Å²) in [6, 6.07) is 15.3. The van der Waals surface area contributed by atoms with E-state index >= 15 is 0 Å². The van der Waals surface area contributed by atoms with Gasteiger partial charge in [0.15, 0.2) is 0 Å². The maximum atomic E-state index is 12.1. The molecule has 0 spiro atoms. The normalized spacial score (nSPS) is 10.7. The molecule has 1 heterocycles. The summed E-state index contributed by atoms with van der Waals surface area (Å²) >= 11 is 0. The van der Waals surface area contributed by atoms with Crippen LogP contribution in [0.1, 0.15) is 17.5 Å². The molecule has 1 N–H and O–H groups in total. The third-order valence-corrected chi connectivity index (χ3v) is 4.05. The van der Waals surface area contributed by atoms with Gasteiger partial charge in [0, 0.05) is 18.4 Å². The van der Waals surface area contributed by atoms with Crippen molar-refractivity contribution in [3.8, 4) is 0 Å². The molecule has 24 heavy (non-hydrogen) atoms. The second-order valence-electron chi connectivity index (χ2n) is 5.70. The molecule has 0 unspecified atom stereocenters. The highest BCUT2D eigenvalue weighted by Crippen LogP contribution is 2.09. The molecule has 0 saturated heterocycles. The highest BCUT2D eigenvalue weighted by Gasteiger charge is 2.07. The summed E-state index contributed by atoms with van der Waals surface area (Å²) in [5.74, 6) is -0.0390. The molecule has 1 amide bonds. The molecular formula is C19H19N3O2. The molecule has 2 aromatic carbocycles. The summed E-state index contributed by atoms with van der Waals surface area (Å²) in [6.07, 6.45) is 1.61. The van der Waals surface area contributed by atoms with Crippen LogP contribution in [0.25, 0.3) is 10.9 Å². The Hall–Kier alpha value is -2.95. The molecule has 0 aliphatic rings. The van der Waals surface area contributed by atoms with Gasteiger partial charge >= 0.3 is 0 Å². The van der Waals surface area contributed by atoms with Crippen LogP contribution in [0.3, 0.4) is 0 Å². The van der Waals surface area contributed by atoms with E-state index in [4.69, 9.17) is 0 Å². The lowest BCUT2D eigenvalue weighted by molar-refractivity contribution is -0.121. The van der Waals surface area contributed by atoms with Gasteiger partial charge in [0.2, 0.25) is 11.3 Å². The number of aromatic nitrogens is 2. The minimum absolute atomic E-state index is 0.0390. The number of rotatable bonds is 5. The second-order valence-corrected chi connectivity index (χ2v) is 5.70. The summed E-state index contributed by atoms with van der Waals surface area (Å²) in [5.41, 5.74) is 2.91. The highest BCUT2D eigenvalue weighted by atomic mass is 16.1. The van der Waals surface area contributed by atoms with E-state index in [1.807, 2.05) is 49.4 Å². The number of para-hydroxylation sites is 1. The number of aryl methyl sites for hydroxylation is 2. The molecule has 0 fully saturated rings. The Kier molecular flexibility index (Phi) is 4.70. The minimum atomic E-state index is -0.106. The number of carbonyl (C=O) groups excluding carboxylic acids is 1. The monoisotopic (exact) mass is 321 g/mol. The first kappa shape index (κ1) is 15.9. The van der Waals surface area contributed by atoms with Crippen molar-refractivity contribution in [3.63, 3.8) is 0 Å². The van der Waals surface area contributed by atoms with Crippen LogP contribution in [-0.4, -0.2) is 15.7 Å². The smallest absolute Gasteiger partial charge is 0.222 e. The molecule has 3 rings (SSSR count). The molecule has 0 aliphatic carbocycles. The fourth-order valence-corrected chi connectivity index (χ4v) is 2.64. The van der Waals surface area contributed by atoms with Gasteiger partial charge in [0.25, 0.3) is 0 Å². The predicted octanol–water partition coefficient (Wildman–Crippen LogP) is 2.41. The molecule has 5 nitrogen and oxygen atoms in total. The van der Waals surface area contributed by atoms with Crippen LogP contribution in [0.5, 0.6) is 0 Å². The van der Waals surface area contributed by atoms with E-state index in [2.05, 4.69) is 10.4 Å². The van der Waals surface area contributed by atoms with Crippen molar-refractivity contribution in [2.24, 2.45) is 0 Å². The molecular weight excluding hydrogens is 302 g/mol. The average Bonchev–Trinajstić information content (AvgIpc) is 2.61. The molecule has 0 bridgehead atoms. The molecule has 122 valence electrons. The van der Waals surface area contributed by atoms with Gasteiger partial charge in [-0.3, -0.25) is 14.3 Å². The van der Waals surface area contributed by atoms with Crippen LogP contribution in [0.15, 0.2) is 59.5 Å². The fraction of sp³-hybridized carbons (Fsp3) is 0.211. The topological polar surface area (TPSA) is 64.0 Å². The zero-order valence-electron chi connectivity index (χ0n) is 13.5. The van der Waals surface area contributed by atoms with E-state index < -0.39 is 0 Å². The molecule has 5 heteroatoms. The SMILES string of the molecule is Cc1ccccc1CNC(=O)CCn1ncc(=O)c2ccccc21. The number of hydrogen-bond acceptors (Lipinski definition) is 3. The predicted molar refractivity (Wildman–Crippen MR) is 93.6 cm³/mol. The number of fused-ring (bicyclic) bond motifs is 1. The van der Waals surface area contributed by atoms with Gasteiger partial charge in [0.1, 0.15) is 0 Å². The summed E-state index contributed by atoms with van der Waals surface area (Å²) in [6.45, 7) is 2.97. The molecule has 0 saturated carbocycles. The summed E-state index contributed by atoms with van der Waals surface area (Å²) in [7, 11) is 0. The van der Waals surface area contributed by atoms with Crippen molar-refractivity contribution in [1.29, 1.82) is 0 Å². The number of carbonyl (C=O) groups is 1. The van der Waals surface area contributed by atoms with E-state index in [1.165, 1.54) is 6.20 Å². The molecule has 0 atom stereocenters. The van der Waals surface area contributed by atoms with E-state index in [9.17, 15) is 9.59 Å². The third-order valence-electron chi connectivity index (χ3n) is 4.05. The quantitative estimate of drug-likeness (QED) is 0.785. The number of nitrogens with one attached hydrogen (secondary N) is 1. The first-order valence-corrected chi connectivity index (χ1v) is 7.91. The lowest BCUT2D eigenvalue weighted by atomic mass is 10.1. The Labute approximate surface area is 139 Å². The van der Waals surface area contributed by atoms with Crippen LogP contribution in [-0.2, 0) is 17.9 Å². The van der Waals surface area contributed by atoms with Crippen LogP contribution in [0, 0.1) is 6.92 Å². The fourth-order valence-electron chi connectivity index (χ4n) is 2.64. The minimum Gasteiger partial charge on any atom is -0.352 e. The van der Waals surface area contributed by atoms with Gasteiger partial charge in [-0.1, -0.05) is 36.4 Å². The molecule has 3 aromatic rings. The first-order chi connectivity index (χ1) is 11.6. The van der Waals surface area contributed by atoms with Crippen LogP contribution in [0.2, 0.25) is 0 Å². The maximum absolute atomic E-state index is 12.1. The van der Waals surface area contributed by atoms with Gasteiger partial charge in [-0.25, -0.2) is 0 Å². The molecule has 0 radical (unpaired) electrons. The van der Waals surface area contributed by atoms with Crippen LogP contribution in [0.4, 0.5) is 0 Å². The highest BCUT2D eigenvalue weighted by molar-refractivity contribution is 5.79. The number of benzene rings is 2. The van der Waals surface area contributed by atoms with E-state index in [0.717, 1.165) is 16.6 Å². The second kappa shape index (κ2) is 7.08. The van der Waals surface area contributed by atoms with Gasteiger partial charge in [-0.2, -0.15) is 5.10 Å². The van der Waals surface area contributed by atoms with Crippen molar-refractivity contribution in [1.82, 2.24) is 15.1 Å². The molecule has 0 aliphatic heterocycles. The van der Waals surface area contributed by atoms with Crippen molar-refractivity contribution in [2.45, 2.75) is 26.4 Å². The number of amides is 1. The summed E-state index contributed by atoms with van der Waals surface area (Å²) in [5, 5.41) is 7.68. The van der Waals surface area contributed by atoms with Crippen LogP contribution < -0.4 is 10.7 Å². The Balaban J connectivity index is 1.64.